The molecule has 106 valence electrons. The lowest BCUT2D eigenvalue weighted by atomic mass is 10.3. The number of halogens is 4. The zero-order valence-electron chi connectivity index (χ0n) is 9.32. The standard InChI is InChI=1S/C9H8BrF3N2O4/c10-3-4-14(5-9(11,12)13)8(16)6-1-2-7(19-6)15(17)18/h1-2H,3-5H2. The third-order valence-corrected chi connectivity index (χ3v) is 2.35. The van der Waals surface area contributed by atoms with Gasteiger partial charge in [-0.25, -0.2) is 0 Å². The molecule has 1 rings (SSSR count). The van der Waals surface area contributed by atoms with Crippen LogP contribution in [0, 0.1) is 10.1 Å². The highest BCUT2D eigenvalue weighted by atomic mass is 79.9. The van der Waals surface area contributed by atoms with E-state index < -0.39 is 35.2 Å². The Hall–Kier alpha value is -1.58. The summed E-state index contributed by atoms with van der Waals surface area (Å²) in [5, 5.41) is 10.5. The molecule has 0 aliphatic rings. The molecule has 0 bridgehead atoms. The minimum atomic E-state index is -4.56. The van der Waals surface area contributed by atoms with Crippen LogP contribution in [0.25, 0.3) is 0 Å². The lowest BCUT2D eigenvalue weighted by Crippen LogP contribution is -2.40. The van der Waals surface area contributed by atoms with Crippen LogP contribution < -0.4 is 0 Å². The number of furan rings is 1. The summed E-state index contributed by atoms with van der Waals surface area (Å²) >= 11 is 2.93. The lowest BCUT2D eigenvalue weighted by Gasteiger charge is -2.21. The summed E-state index contributed by atoms with van der Waals surface area (Å²) in [5.74, 6) is -2.25. The highest BCUT2D eigenvalue weighted by molar-refractivity contribution is 9.09. The number of alkyl halides is 4. The van der Waals surface area contributed by atoms with E-state index in [1.54, 1.807) is 0 Å². The predicted octanol–water partition coefficient (Wildman–Crippen LogP) is 2.59. The van der Waals surface area contributed by atoms with Crippen LogP contribution in [0.3, 0.4) is 0 Å². The van der Waals surface area contributed by atoms with Crippen LogP contribution in [0.15, 0.2) is 16.5 Å². The van der Waals surface area contributed by atoms with Gasteiger partial charge in [-0.15, -0.1) is 0 Å². The van der Waals surface area contributed by atoms with Crippen molar-refractivity contribution >= 4 is 27.7 Å². The van der Waals surface area contributed by atoms with E-state index in [1.807, 2.05) is 0 Å². The van der Waals surface area contributed by atoms with Gasteiger partial charge >= 0.3 is 12.1 Å². The molecule has 1 aromatic rings. The van der Waals surface area contributed by atoms with Crippen LogP contribution >= 0.6 is 15.9 Å². The van der Waals surface area contributed by atoms with Gasteiger partial charge < -0.3 is 9.32 Å². The predicted molar refractivity (Wildman–Crippen MR) is 61.1 cm³/mol. The van der Waals surface area contributed by atoms with Crippen LogP contribution in [0.5, 0.6) is 0 Å². The van der Waals surface area contributed by atoms with Crippen molar-refractivity contribution in [1.82, 2.24) is 4.90 Å². The first-order valence-corrected chi connectivity index (χ1v) is 6.03. The Balaban J connectivity index is 2.89. The van der Waals surface area contributed by atoms with Gasteiger partial charge in [0.15, 0.2) is 5.76 Å². The zero-order valence-corrected chi connectivity index (χ0v) is 10.9. The monoisotopic (exact) mass is 344 g/mol. The number of carbonyl (C=O) groups is 1. The molecular weight excluding hydrogens is 337 g/mol. The van der Waals surface area contributed by atoms with Gasteiger partial charge in [0.1, 0.15) is 11.5 Å². The first-order valence-electron chi connectivity index (χ1n) is 4.91. The summed E-state index contributed by atoms with van der Waals surface area (Å²) in [7, 11) is 0. The molecule has 0 aromatic carbocycles. The number of hydrogen-bond acceptors (Lipinski definition) is 4. The quantitative estimate of drug-likeness (QED) is 0.467. The van der Waals surface area contributed by atoms with Crippen molar-refractivity contribution in [1.29, 1.82) is 0 Å². The van der Waals surface area contributed by atoms with E-state index in [4.69, 9.17) is 0 Å². The van der Waals surface area contributed by atoms with E-state index in [-0.39, 0.29) is 11.9 Å². The van der Waals surface area contributed by atoms with Gasteiger partial charge in [0.05, 0.1) is 6.07 Å². The summed E-state index contributed by atoms with van der Waals surface area (Å²) in [5.41, 5.74) is 0. The van der Waals surface area contributed by atoms with Crippen molar-refractivity contribution in [2.75, 3.05) is 18.4 Å². The van der Waals surface area contributed by atoms with E-state index in [0.29, 0.717) is 4.90 Å². The van der Waals surface area contributed by atoms with E-state index in [0.717, 1.165) is 12.1 Å². The Morgan fingerprint density at radius 3 is 2.53 bits per heavy atom. The SMILES string of the molecule is O=C(c1ccc([N+](=O)[O-])o1)N(CCBr)CC(F)(F)F. The van der Waals surface area contributed by atoms with Crippen LogP contribution in [-0.2, 0) is 0 Å². The highest BCUT2D eigenvalue weighted by Gasteiger charge is 2.34. The number of carbonyl (C=O) groups excluding carboxylic acids is 1. The topological polar surface area (TPSA) is 76.6 Å². The molecule has 1 aromatic heterocycles. The highest BCUT2D eigenvalue weighted by Crippen LogP contribution is 2.21. The molecule has 0 saturated carbocycles. The molecule has 0 unspecified atom stereocenters. The molecule has 0 atom stereocenters. The average Bonchev–Trinajstić information content (AvgIpc) is 2.75. The van der Waals surface area contributed by atoms with Gasteiger partial charge in [0.2, 0.25) is 0 Å². The molecule has 0 spiro atoms. The lowest BCUT2D eigenvalue weighted by molar-refractivity contribution is -0.402. The fourth-order valence-electron chi connectivity index (χ4n) is 1.27. The third kappa shape index (κ3) is 4.54. The van der Waals surface area contributed by atoms with Crippen LogP contribution in [0.2, 0.25) is 0 Å². The second-order valence-corrected chi connectivity index (χ2v) is 4.22. The molecule has 0 aliphatic carbocycles. The minimum Gasteiger partial charge on any atom is -0.395 e. The summed E-state index contributed by atoms with van der Waals surface area (Å²) < 4.78 is 41.4. The number of nitrogens with zero attached hydrogens (tertiary/aromatic N) is 2. The van der Waals surface area contributed by atoms with E-state index in [9.17, 15) is 28.1 Å². The van der Waals surface area contributed by atoms with Crippen LogP contribution in [0.1, 0.15) is 10.6 Å². The fourth-order valence-corrected chi connectivity index (χ4v) is 1.70. The van der Waals surface area contributed by atoms with Crippen molar-refractivity contribution in [3.05, 3.63) is 28.0 Å². The van der Waals surface area contributed by atoms with Crippen molar-refractivity contribution in [3.63, 3.8) is 0 Å². The Bertz CT molecular complexity index is 474. The minimum absolute atomic E-state index is 0.137. The smallest absolute Gasteiger partial charge is 0.395 e. The molecule has 0 fully saturated rings. The van der Waals surface area contributed by atoms with Gasteiger partial charge in [-0.3, -0.25) is 14.9 Å². The molecule has 0 radical (unpaired) electrons. The Morgan fingerprint density at radius 2 is 2.11 bits per heavy atom. The largest absolute Gasteiger partial charge is 0.433 e. The van der Waals surface area contributed by atoms with Crippen LogP contribution in [-0.4, -0.2) is 40.3 Å². The molecule has 0 N–H and O–H groups in total. The Morgan fingerprint density at radius 1 is 1.47 bits per heavy atom. The zero-order chi connectivity index (χ0) is 14.6. The molecule has 0 saturated heterocycles. The molecule has 1 amide bonds. The van der Waals surface area contributed by atoms with Gasteiger partial charge in [-0.05, 0) is 6.07 Å². The van der Waals surface area contributed by atoms with E-state index in [2.05, 4.69) is 20.3 Å². The molecule has 19 heavy (non-hydrogen) atoms. The number of hydrogen-bond donors (Lipinski definition) is 0. The summed E-state index contributed by atoms with van der Waals surface area (Å²) in [6, 6.07) is 1.88. The third-order valence-electron chi connectivity index (χ3n) is 1.99. The fraction of sp³-hybridized carbons (Fsp3) is 0.444. The maximum Gasteiger partial charge on any atom is 0.433 e. The normalized spacial score (nSPS) is 11.4. The Labute approximate surface area is 113 Å². The Kier molecular flexibility index (Phi) is 4.92. The molecular formula is C9H8BrF3N2O4. The molecule has 0 aliphatic heterocycles. The van der Waals surface area contributed by atoms with Gasteiger partial charge in [-0.2, -0.15) is 13.2 Å². The molecule has 1 heterocycles. The number of amides is 1. The van der Waals surface area contributed by atoms with Crippen molar-refractivity contribution < 1.29 is 27.3 Å². The van der Waals surface area contributed by atoms with Crippen molar-refractivity contribution in [3.8, 4) is 0 Å². The second-order valence-electron chi connectivity index (χ2n) is 3.43. The van der Waals surface area contributed by atoms with Gasteiger partial charge in [0, 0.05) is 11.9 Å². The van der Waals surface area contributed by atoms with Gasteiger partial charge in [-0.1, -0.05) is 15.9 Å². The first kappa shape index (κ1) is 15.5. The number of rotatable bonds is 5. The van der Waals surface area contributed by atoms with Gasteiger partial charge in [0.25, 0.3) is 5.91 Å². The molecule has 6 nitrogen and oxygen atoms in total. The van der Waals surface area contributed by atoms with E-state index in [1.165, 1.54) is 0 Å². The summed E-state index contributed by atoms with van der Waals surface area (Å²) in [4.78, 5) is 21.7. The number of nitro groups is 1. The maximum atomic E-state index is 12.3. The summed E-state index contributed by atoms with van der Waals surface area (Å²) in [6.45, 7) is -1.65. The second kappa shape index (κ2) is 6.04. The van der Waals surface area contributed by atoms with Crippen molar-refractivity contribution in [2.24, 2.45) is 0 Å². The van der Waals surface area contributed by atoms with Crippen molar-refractivity contribution in [2.45, 2.75) is 6.18 Å². The van der Waals surface area contributed by atoms with E-state index >= 15 is 0 Å². The molecule has 10 heteroatoms. The summed E-state index contributed by atoms with van der Waals surface area (Å²) in [6.07, 6.45) is -4.56. The average molecular weight is 345 g/mol. The maximum absolute atomic E-state index is 12.3. The van der Waals surface area contributed by atoms with Crippen LogP contribution in [0.4, 0.5) is 19.1 Å². The first-order chi connectivity index (χ1) is 8.74.